The van der Waals surface area contributed by atoms with E-state index in [-0.39, 0.29) is 10.8 Å². The standard InChI is InChI=1S/C12H11F3N4O2S/c1-2-9(7-4-3-5-8(6-7)19(20)21)16-11-18-17-10(22-11)12(13,14)15/h3-6,9H,2H2,1H3,(H,16,18). The van der Waals surface area contributed by atoms with Crippen molar-refractivity contribution in [3.8, 4) is 0 Å². The summed E-state index contributed by atoms with van der Waals surface area (Å²) in [5.41, 5.74) is 0.520. The molecule has 0 radical (unpaired) electrons. The van der Waals surface area contributed by atoms with Crippen LogP contribution in [-0.2, 0) is 6.18 Å². The lowest BCUT2D eigenvalue weighted by Crippen LogP contribution is -2.09. The van der Waals surface area contributed by atoms with E-state index in [1.165, 1.54) is 18.2 Å². The molecular weight excluding hydrogens is 321 g/mol. The fourth-order valence-electron chi connectivity index (χ4n) is 1.82. The Morgan fingerprint density at radius 1 is 1.41 bits per heavy atom. The number of benzene rings is 1. The Balaban J connectivity index is 2.20. The van der Waals surface area contributed by atoms with Crippen LogP contribution in [0.25, 0.3) is 0 Å². The maximum Gasteiger partial charge on any atom is 0.445 e. The van der Waals surface area contributed by atoms with E-state index < -0.39 is 22.1 Å². The number of hydrogen-bond donors (Lipinski definition) is 1. The van der Waals surface area contributed by atoms with Crippen LogP contribution in [0.15, 0.2) is 24.3 Å². The topological polar surface area (TPSA) is 81.0 Å². The van der Waals surface area contributed by atoms with E-state index in [0.29, 0.717) is 23.3 Å². The van der Waals surface area contributed by atoms with Crippen LogP contribution in [0.3, 0.4) is 0 Å². The first-order valence-corrected chi connectivity index (χ1v) is 7.04. The van der Waals surface area contributed by atoms with Crippen LogP contribution in [0.2, 0.25) is 0 Å². The molecule has 0 saturated carbocycles. The monoisotopic (exact) mass is 332 g/mol. The molecule has 1 aromatic heterocycles. The molecule has 0 aliphatic carbocycles. The van der Waals surface area contributed by atoms with E-state index in [1.807, 2.05) is 6.92 Å². The summed E-state index contributed by atoms with van der Waals surface area (Å²) in [4.78, 5) is 10.3. The van der Waals surface area contributed by atoms with E-state index in [9.17, 15) is 23.3 Å². The third-order valence-corrected chi connectivity index (χ3v) is 3.76. The highest BCUT2D eigenvalue weighted by Crippen LogP contribution is 2.34. The fraction of sp³-hybridized carbons (Fsp3) is 0.333. The van der Waals surface area contributed by atoms with Crippen LogP contribution in [-0.4, -0.2) is 15.1 Å². The lowest BCUT2D eigenvalue weighted by Gasteiger charge is -2.16. The maximum atomic E-state index is 12.5. The Bertz CT molecular complexity index is 674. The zero-order valence-electron chi connectivity index (χ0n) is 11.3. The maximum absolute atomic E-state index is 12.5. The third-order valence-electron chi connectivity index (χ3n) is 2.86. The first-order chi connectivity index (χ1) is 10.3. The number of anilines is 1. The summed E-state index contributed by atoms with van der Waals surface area (Å²) >= 11 is 0.396. The number of non-ortho nitro benzene ring substituents is 1. The van der Waals surface area contributed by atoms with E-state index in [0.717, 1.165) is 0 Å². The van der Waals surface area contributed by atoms with Gasteiger partial charge in [0.1, 0.15) is 0 Å². The number of nitrogens with zero attached hydrogens (tertiary/aromatic N) is 3. The number of nitro groups is 1. The summed E-state index contributed by atoms with van der Waals surface area (Å²) in [6, 6.07) is 5.53. The Morgan fingerprint density at radius 2 is 2.14 bits per heavy atom. The van der Waals surface area contributed by atoms with Crippen molar-refractivity contribution in [3.05, 3.63) is 45.0 Å². The van der Waals surface area contributed by atoms with Crippen molar-refractivity contribution < 1.29 is 18.1 Å². The van der Waals surface area contributed by atoms with Crippen molar-refractivity contribution in [1.82, 2.24) is 10.2 Å². The number of nitrogens with one attached hydrogen (secondary N) is 1. The molecule has 0 bridgehead atoms. The van der Waals surface area contributed by atoms with Gasteiger partial charge in [-0.05, 0) is 12.0 Å². The molecule has 2 rings (SSSR count). The molecule has 118 valence electrons. The predicted molar refractivity (Wildman–Crippen MR) is 74.7 cm³/mol. The average molecular weight is 332 g/mol. The summed E-state index contributed by atoms with van der Waals surface area (Å²) in [6.45, 7) is 1.81. The van der Waals surface area contributed by atoms with Crippen LogP contribution in [0.4, 0.5) is 24.0 Å². The van der Waals surface area contributed by atoms with Crippen LogP contribution in [0.1, 0.15) is 30.0 Å². The molecule has 6 nitrogen and oxygen atoms in total. The van der Waals surface area contributed by atoms with Gasteiger partial charge in [-0.2, -0.15) is 13.2 Å². The molecule has 0 saturated heterocycles. The molecule has 0 spiro atoms. The SMILES string of the molecule is CCC(Nc1nnc(C(F)(F)F)s1)c1cccc([N+](=O)[O-])c1. The van der Waals surface area contributed by atoms with Gasteiger partial charge in [-0.15, -0.1) is 10.2 Å². The number of halogens is 3. The number of rotatable bonds is 5. The van der Waals surface area contributed by atoms with Crippen LogP contribution in [0.5, 0.6) is 0 Å². The minimum absolute atomic E-state index is 0.0191. The summed E-state index contributed by atoms with van der Waals surface area (Å²) in [5.74, 6) is 0. The summed E-state index contributed by atoms with van der Waals surface area (Å²) in [5, 5.41) is 19.1. The van der Waals surface area contributed by atoms with Gasteiger partial charge in [0.25, 0.3) is 5.69 Å². The summed E-state index contributed by atoms with van der Waals surface area (Å²) in [6.07, 6.45) is -4.02. The summed E-state index contributed by atoms with van der Waals surface area (Å²) < 4.78 is 37.5. The molecule has 22 heavy (non-hydrogen) atoms. The number of alkyl halides is 3. The van der Waals surface area contributed by atoms with Crippen LogP contribution >= 0.6 is 11.3 Å². The summed E-state index contributed by atoms with van der Waals surface area (Å²) in [7, 11) is 0. The highest BCUT2D eigenvalue weighted by Gasteiger charge is 2.35. The molecule has 0 fully saturated rings. The second-order valence-electron chi connectivity index (χ2n) is 4.37. The minimum Gasteiger partial charge on any atom is -0.353 e. The molecule has 0 aliphatic heterocycles. The number of nitro benzene ring substituents is 1. The van der Waals surface area contributed by atoms with E-state index in [2.05, 4.69) is 15.5 Å². The largest absolute Gasteiger partial charge is 0.445 e. The van der Waals surface area contributed by atoms with Gasteiger partial charge < -0.3 is 5.32 Å². The van der Waals surface area contributed by atoms with Gasteiger partial charge in [0.2, 0.25) is 10.1 Å². The molecule has 10 heteroatoms. The predicted octanol–water partition coefficient (Wildman–Crippen LogP) is 4.03. The first-order valence-electron chi connectivity index (χ1n) is 6.23. The van der Waals surface area contributed by atoms with Gasteiger partial charge in [0.05, 0.1) is 11.0 Å². The van der Waals surface area contributed by atoms with E-state index in [1.54, 1.807) is 6.07 Å². The number of aromatic nitrogens is 2. The minimum atomic E-state index is -4.54. The Morgan fingerprint density at radius 3 is 2.68 bits per heavy atom. The van der Waals surface area contributed by atoms with E-state index in [4.69, 9.17) is 0 Å². The van der Waals surface area contributed by atoms with Gasteiger partial charge in [0.15, 0.2) is 0 Å². The van der Waals surface area contributed by atoms with Gasteiger partial charge in [-0.25, -0.2) is 0 Å². The van der Waals surface area contributed by atoms with Crippen molar-refractivity contribution in [3.63, 3.8) is 0 Å². The Labute approximate surface area is 127 Å². The van der Waals surface area contributed by atoms with Crippen molar-refractivity contribution in [2.24, 2.45) is 0 Å². The number of hydrogen-bond acceptors (Lipinski definition) is 6. The fourth-order valence-corrected chi connectivity index (χ4v) is 2.48. The second-order valence-corrected chi connectivity index (χ2v) is 5.34. The van der Waals surface area contributed by atoms with Crippen molar-refractivity contribution in [1.29, 1.82) is 0 Å². The zero-order chi connectivity index (χ0) is 16.3. The van der Waals surface area contributed by atoms with Crippen molar-refractivity contribution in [2.75, 3.05) is 5.32 Å². The Hall–Kier alpha value is -2.23. The molecule has 1 atom stereocenters. The third kappa shape index (κ3) is 3.70. The van der Waals surface area contributed by atoms with Gasteiger partial charge in [-0.3, -0.25) is 10.1 Å². The van der Waals surface area contributed by atoms with Gasteiger partial charge in [-0.1, -0.05) is 30.4 Å². The smallest absolute Gasteiger partial charge is 0.353 e. The Kier molecular flexibility index (Phi) is 4.59. The lowest BCUT2D eigenvalue weighted by molar-refractivity contribution is -0.384. The molecule has 1 heterocycles. The molecule has 1 aromatic carbocycles. The van der Waals surface area contributed by atoms with Crippen molar-refractivity contribution >= 4 is 22.2 Å². The second kappa shape index (κ2) is 6.26. The molecule has 1 N–H and O–H groups in total. The van der Waals surface area contributed by atoms with Gasteiger partial charge in [0, 0.05) is 12.1 Å². The lowest BCUT2D eigenvalue weighted by atomic mass is 10.0. The molecular formula is C12H11F3N4O2S. The van der Waals surface area contributed by atoms with Crippen LogP contribution < -0.4 is 5.32 Å². The van der Waals surface area contributed by atoms with Crippen molar-refractivity contribution in [2.45, 2.75) is 25.6 Å². The molecule has 0 amide bonds. The molecule has 0 aliphatic rings. The molecule has 2 aromatic rings. The first kappa shape index (κ1) is 16.1. The highest BCUT2D eigenvalue weighted by molar-refractivity contribution is 7.15. The zero-order valence-corrected chi connectivity index (χ0v) is 12.1. The van der Waals surface area contributed by atoms with E-state index >= 15 is 0 Å². The normalized spacial score (nSPS) is 12.9. The van der Waals surface area contributed by atoms with Gasteiger partial charge >= 0.3 is 6.18 Å². The van der Waals surface area contributed by atoms with Crippen LogP contribution in [0, 0.1) is 10.1 Å². The average Bonchev–Trinajstić information content (AvgIpc) is 2.93. The molecule has 1 unspecified atom stereocenters. The highest BCUT2D eigenvalue weighted by atomic mass is 32.1. The quantitative estimate of drug-likeness (QED) is 0.660.